The first-order chi connectivity index (χ1) is 6.74. The molecule has 0 unspecified atom stereocenters. The minimum absolute atomic E-state index is 0.220. The van der Waals surface area contributed by atoms with Crippen LogP contribution in [0.1, 0.15) is 24.0 Å². The standard InChI is InChI=1S/C13H14O/c1-3-4-9-13(14)10-12-8-6-5-7-11(12)2/h1,5-8H,4,9-10H2,2H3. The molecule has 0 spiro atoms. The molecule has 0 bridgehead atoms. The maximum Gasteiger partial charge on any atom is 0.138 e. The second-order valence-corrected chi connectivity index (χ2v) is 3.35. The van der Waals surface area contributed by atoms with Crippen LogP contribution in [0.25, 0.3) is 0 Å². The molecule has 0 aliphatic heterocycles. The van der Waals surface area contributed by atoms with Gasteiger partial charge in [-0.15, -0.1) is 12.3 Å². The molecule has 0 fully saturated rings. The highest BCUT2D eigenvalue weighted by atomic mass is 16.1. The molecule has 1 nitrogen and oxygen atoms in total. The summed E-state index contributed by atoms with van der Waals surface area (Å²) >= 11 is 0. The van der Waals surface area contributed by atoms with Crippen molar-refractivity contribution < 1.29 is 4.79 Å². The third-order valence-corrected chi connectivity index (χ3v) is 2.20. The van der Waals surface area contributed by atoms with E-state index >= 15 is 0 Å². The number of benzene rings is 1. The van der Waals surface area contributed by atoms with Gasteiger partial charge in [-0.05, 0) is 18.1 Å². The fourth-order valence-electron chi connectivity index (χ4n) is 1.32. The van der Waals surface area contributed by atoms with E-state index in [4.69, 9.17) is 6.42 Å². The van der Waals surface area contributed by atoms with Crippen LogP contribution in [-0.4, -0.2) is 5.78 Å². The average Bonchev–Trinajstić information content (AvgIpc) is 2.18. The zero-order valence-corrected chi connectivity index (χ0v) is 8.42. The molecule has 0 aliphatic rings. The summed E-state index contributed by atoms with van der Waals surface area (Å²) in [4.78, 5) is 11.4. The van der Waals surface area contributed by atoms with Crippen molar-refractivity contribution in [3.63, 3.8) is 0 Å². The number of hydrogen-bond acceptors (Lipinski definition) is 1. The van der Waals surface area contributed by atoms with E-state index in [0.29, 0.717) is 19.3 Å². The maximum atomic E-state index is 11.4. The van der Waals surface area contributed by atoms with Crippen LogP contribution in [0.5, 0.6) is 0 Å². The Morgan fingerprint density at radius 1 is 1.43 bits per heavy atom. The molecule has 1 aromatic rings. The molecule has 0 atom stereocenters. The van der Waals surface area contributed by atoms with Crippen LogP contribution in [0.15, 0.2) is 24.3 Å². The third-order valence-electron chi connectivity index (χ3n) is 2.20. The Labute approximate surface area is 85.1 Å². The molecule has 1 aromatic carbocycles. The lowest BCUT2D eigenvalue weighted by atomic mass is 10.0. The van der Waals surface area contributed by atoms with Crippen molar-refractivity contribution in [3.8, 4) is 12.3 Å². The number of carbonyl (C=O) groups is 1. The molecule has 14 heavy (non-hydrogen) atoms. The van der Waals surface area contributed by atoms with Gasteiger partial charge in [-0.3, -0.25) is 4.79 Å². The minimum atomic E-state index is 0.220. The van der Waals surface area contributed by atoms with Crippen molar-refractivity contribution in [2.45, 2.75) is 26.2 Å². The predicted molar refractivity (Wildman–Crippen MR) is 58.0 cm³/mol. The van der Waals surface area contributed by atoms with Gasteiger partial charge in [0.1, 0.15) is 5.78 Å². The minimum Gasteiger partial charge on any atom is -0.299 e. The second-order valence-electron chi connectivity index (χ2n) is 3.35. The lowest BCUT2D eigenvalue weighted by molar-refractivity contribution is -0.118. The summed E-state index contributed by atoms with van der Waals surface area (Å²) in [5.74, 6) is 2.70. The summed E-state index contributed by atoms with van der Waals surface area (Å²) in [7, 11) is 0. The van der Waals surface area contributed by atoms with Gasteiger partial charge in [0.25, 0.3) is 0 Å². The SMILES string of the molecule is C#CCCC(=O)Cc1ccccc1C. The maximum absolute atomic E-state index is 11.4. The third kappa shape index (κ3) is 3.06. The molecule has 1 rings (SSSR count). The van der Waals surface area contributed by atoms with Crippen molar-refractivity contribution in [1.82, 2.24) is 0 Å². The fourth-order valence-corrected chi connectivity index (χ4v) is 1.32. The molecule has 0 aromatic heterocycles. The van der Waals surface area contributed by atoms with Crippen molar-refractivity contribution in [3.05, 3.63) is 35.4 Å². The summed E-state index contributed by atoms with van der Waals surface area (Å²) in [6, 6.07) is 7.94. The van der Waals surface area contributed by atoms with Gasteiger partial charge >= 0.3 is 0 Å². The van der Waals surface area contributed by atoms with Gasteiger partial charge in [-0.1, -0.05) is 24.3 Å². The first-order valence-electron chi connectivity index (χ1n) is 4.73. The van der Waals surface area contributed by atoms with Crippen LogP contribution in [-0.2, 0) is 11.2 Å². The molecular weight excluding hydrogens is 172 g/mol. The van der Waals surface area contributed by atoms with Gasteiger partial charge in [-0.2, -0.15) is 0 Å². The van der Waals surface area contributed by atoms with Gasteiger partial charge in [-0.25, -0.2) is 0 Å². The van der Waals surface area contributed by atoms with Crippen LogP contribution in [0.4, 0.5) is 0 Å². The van der Waals surface area contributed by atoms with Crippen LogP contribution < -0.4 is 0 Å². The molecule has 0 heterocycles. The van der Waals surface area contributed by atoms with Crippen LogP contribution in [0.2, 0.25) is 0 Å². The Kier molecular flexibility index (Phi) is 3.94. The fraction of sp³-hybridized carbons (Fsp3) is 0.308. The van der Waals surface area contributed by atoms with Crippen LogP contribution in [0.3, 0.4) is 0 Å². The number of aryl methyl sites for hydroxylation is 1. The number of carbonyl (C=O) groups excluding carboxylic acids is 1. The highest BCUT2D eigenvalue weighted by Crippen LogP contribution is 2.09. The molecular formula is C13H14O. The van der Waals surface area contributed by atoms with Crippen molar-refractivity contribution in [2.24, 2.45) is 0 Å². The number of hydrogen-bond donors (Lipinski definition) is 0. The summed E-state index contributed by atoms with van der Waals surface area (Å²) in [6.45, 7) is 2.02. The van der Waals surface area contributed by atoms with E-state index in [0.717, 1.165) is 5.56 Å². The molecule has 0 aliphatic carbocycles. The van der Waals surface area contributed by atoms with Gasteiger partial charge in [0.05, 0.1) is 0 Å². The highest BCUT2D eigenvalue weighted by Gasteiger charge is 2.04. The lowest BCUT2D eigenvalue weighted by Gasteiger charge is -2.03. The first kappa shape index (κ1) is 10.5. The Morgan fingerprint density at radius 2 is 2.14 bits per heavy atom. The molecule has 1 heteroatoms. The summed E-state index contributed by atoms with van der Waals surface area (Å²) in [5.41, 5.74) is 2.27. The van der Waals surface area contributed by atoms with E-state index in [1.807, 2.05) is 31.2 Å². The first-order valence-corrected chi connectivity index (χ1v) is 4.73. The monoisotopic (exact) mass is 186 g/mol. The van der Waals surface area contributed by atoms with E-state index in [1.165, 1.54) is 5.56 Å². The number of Topliss-reactive ketones (excluding diaryl/α,β-unsaturated/α-hetero) is 1. The quantitative estimate of drug-likeness (QED) is 0.660. The van der Waals surface area contributed by atoms with Gasteiger partial charge < -0.3 is 0 Å². The van der Waals surface area contributed by atoms with Crippen LogP contribution >= 0.6 is 0 Å². The predicted octanol–water partition coefficient (Wildman–Crippen LogP) is 2.52. The van der Waals surface area contributed by atoms with E-state index in [2.05, 4.69) is 5.92 Å². The van der Waals surface area contributed by atoms with E-state index in [1.54, 1.807) is 0 Å². The van der Waals surface area contributed by atoms with E-state index in [-0.39, 0.29) is 5.78 Å². The molecule has 0 N–H and O–H groups in total. The van der Waals surface area contributed by atoms with Gasteiger partial charge in [0, 0.05) is 19.3 Å². The Hall–Kier alpha value is -1.55. The topological polar surface area (TPSA) is 17.1 Å². The molecule has 0 saturated carbocycles. The summed E-state index contributed by atoms with van der Waals surface area (Å²) in [5, 5.41) is 0. The lowest BCUT2D eigenvalue weighted by Crippen LogP contribution is -2.03. The van der Waals surface area contributed by atoms with Crippen molar-refractivity contribution in [2.75, 3.05) is 0 Å². The largest absolute Gasteiger partial charge is 0.299 e. The van der Waals surface area contributed by atoms with Crippen LogP contribution in [0, 0.1) is 19.3 Å². The zero-order chi connectivity index (χ0) is 10.4. The molecule has 72 valence electrons. The molecule has 0 radical (unpaired) electrons. The number of terminal acetylenes is 1. The molecule has 0 saturated heterocycles. The van der Waals surface area contributed by atoms with Crippen molar-refractivity contribution >= 4 is 5.78 Å². The zero-order valence-electron chi connectivity index (χ0n) is 8.42. The summed E-state index contributed by atoms with van der Waals surface area (Å²) < 4.78 is 0. The molecule has 0 amide bonds. The van der Waals surface area contributed by atoms with E-state index < -0.39 is 0 Å². The second kappa shape index (κ2) is 5.24. The Morgan fingerprint density at radius 3 is 2.79 bits per heavy atom. The van der Waals surface area contributed by atoms with E-state index in [9.17, 15) is 4.79 Å². The Balaban J connectivity index is 2.57. The highest BCUT2D eigenvalue weighted by molar-refractivity contribution is 5.81. The van der Waals surface area contributed by atoms with Gasteiger partial charge in [0.15, 0.2) is 0 Å². The normalized spacial score (nSPS) is 9.43. The Bertz CT molecular complexity index is 358. The number of ketones is 1. The smallest absolute Gasteiger partial charge is 0.138 e. The van der Waals surface area contributed by atoms with Crippen molar-refractivity contribution in [1.29, 1.82) is 0 Å². The number of rotatable bonds is 4. The summed E-state index contributed by atoms with van der Waals surface area (Å²) in [6.07, 6.45) is 6.64. The average molecular weight is 186 g/mol. The van der Waals surface area contributed by atoms with Gasteiger partial charge in [0.2, 0.25) is 0 Å².